The normalized spacial score (nSPS) is 11.9. The Morgan fingerprint density at radius 3 is 2.71 bits per heavy atom. The van der Waals surface area contributed by atoms with Gasteiger partial charge >= 0.3 is 0 Å². The van der Waals surface area contributed by atoms with Crippen LogP contribution in [0.1, 0.15) is 0 Å². The fourth-order valence-corrected chi connectivity index (χ4v) is 4.17. The lowest BCUT2D eigenvalue weighted by atomic mass is 10.7. The van der Waals surface area contributed by atoms with E-state index in [0.717, 1.165) is 11.3 Å². The molecule has 0 amide bonds. The van der Waals surface area contributed by atoms with Gasteiger partial charge in [-0.15, -0.1) is 11.3 Å². The number of aliphatic hydroxyl groups excluding tert-OH is 1. The molecule has 4 nitrogen and oxygen atoms in total. The Labute approximate surface area is 99.1 Å². The lowest BCUT2D eigenvalue weighted by molar-refractivity contribution is 0.301. The molecule has 0 bridgehead atoms. The van der Waals surface area contributed by atoms with Gasteiger partial charge in [-0.3, -0.25) is 0 Å². The summed E-state index contributed by atoms with van der Waals surface area (Å²) in [6.07, 6.45) is 0. The van der Waals surface area contributed by atoms with Crippen LogP contribution in [0.25, 0.3) is 0 Å². The minimum atomic E-state index is -3.53. The van der Waals surface area contributed by atoms with E-state index in [0.29, 0.717) is 8.81 Å². The average Bonchev–Trinajstić information content (AvgIpc) is 2.45. The number of nitrogens with one attached hydrogen (secondary N) is 1. The molecule has 0 spiro atoms. The standard InChI is InChI=1S/C6H7BrClNO3S2/c7-6-4(8)3-5(13-6)14(11,12)9-1-2-10/h3,9-10H,1-2H2. The van der Waals surface area contributed by atoms with E-state index in [2.05, 4.69) is 20.7 Å². The molecular formula is C6H7BrClNO3S2. The Balaban J connectivity index is 2.93. The highest BCUT2D eigenvalue weighted by Gasteiger charge is 2.17. The topological polar surface area (TPSA) is 66.4 Å². The van der Waals surface area contributed by atoms with Crippen LogP contribution >= 0.6 is 38.9 Å². The predicted molar refractivity (Wildman–Crippen MR) is 59.3 cm³/mol. The zero-order chi connectivity index (χ0) is 10.8. The van der Waals surface area contributed by atoms with E-state index in [9.17, 15) is 8.42 Å². The lowest BCUT2D eigenvalue weighted by Gasteiger charge is -2.00. The molecule has 0 radical (unpaired) electrons. The Kier molecular flexibility index (Phi) is 4.35. The molecule has 1 heterocycles. The maximum absolute atomic E-state index is 11.5. The Morgan fingerprint density at radius 2 is 2.29 bits per heavy atom. The van der Waals surface area contributed by atoms with E-state index in [-0.39, 0.29) is 17.4 Å². The third-order valence-electron chi connectivity index (χ3n) is 1.29. The van der Waals surface area contributed by atoms with Gasteiger partial charge in [-0.2, -0.15) is 0 Å². The predicted octanol–water partition coefficient (Wildman–Crippen LogP) is 1.43. The van der Waals surface area contributed by atoms with Crippen molar-refractivity contribution in [1.82, 2.24) is 4.72 Å². The highest BCUT2D eigenvalue weighted by molar-refractivity contribution is 9.11. The lowest BCUT2D eigenvalue weighted by Crippen LogP contribution is -2.25. The number of rotatable bonds is 4. The molecule has 14 heavy (non-hydrogen) atoms. The largest absolute Gasteiger partial charge is 0.395 e. The summed E-state index contributed by atoms with van der Waals surface area (Å²) >= 11 is 9.84. The fourth-order valence-electron chi connectivity index (χ4n) is 0.710. The molecule has 0 fully saturated rings. The van der Waals surface area contributed by atoms with Gasteiger partial charge < -0.3 is 5.11 Å². The number of halogens is 2. The van der Waals surface area contributed by atoms with E-state index in [1.807, 2.05) is 0 Å². The van der Waals surface area contributed by atoms with Gasteiger partial charge in [0, 0.05) is 6.54 Å². The molecule has 0 saturated carbocycles. The van der Waals surface area contributed by atoms with Crippen LogP contribution in [0, 0.1) is 0 Å². The molecule has 2 N–H and O–H groups in total. The van der Waals surface area contributed by atoms with Gasteiger partial charge in [0.25, 0.3) is 0 Å². The van der Waals surface area contributed by atoms with Gasteiger partial charge in [0.05, 0.1) is 15.4 Å². The molecule has 0 aliphatic rings. The first-order chi connectivity index (χ1) is 6.47. The minimum absolute atomic E-state index is 0.00449. The van der Waals surface area contributed by atoms with Crippen molar-refractivity contribution in [3.8, 4) is 0 Å². The van der Waals surface area contributed by atoms with Crippen LogP contribution in [-0.2, 0) is 10.0 Å². The van der Waals surface area contributed by atoms with E-state index in [4.69, 9.17) is 16.7 Å². The third-order valence-corrected chi connectivity index (χ3v) is 5.70. The van der Waals surface area contributed by atoms with Gasteiger partial charge in [0.1, 0.15) is 4.21 Å². The van der Waals surface area contributed by atoms with Crippen molar-refractivity contribution < 1.29 is 13.5 Å². The first-order valence-electron chi connectivity index (χ1n) is 3.52. The van der Waals surface area contributed by atoms with Crippen molar-refractivity contribution in [3.63, 3.8) is 0 Å². The number of sulfonamides is 1. The maximum Gasteiger partial charge on any atom is 0.250 e. The summed E-state index contributed by atoms with van der Waals surface area (Å²) in [6.45, 7) is -0.241. The summed E-state index contributed by atoms with van der Waals surface area (Å²) in [5, 5.41) is 8.84. The SMILES string of the molecule is O=S(=O)(NCCO)c1cc(Cl)c(Br)s1. The zero-order valence-corrected chi connectivity index (χ0v) is 10.8. The maximum atomic E-state index is 11.5. The second-order valence-electron chi connectivity index (χ2n) is 2.31. The number of hydrogen-bond donors (Lipinski definition) is 2. The van der Waals surface area contributed by atoms with Crippen LogP contribution in [0.3, 0.4) is 0 Å². The molecule has 1 aromatic rings. The number of aliphatic hydroxyl groups is 1. The molecule has 0 atom stereocenters. The van der Waals surface area contributed by atoms with Gasteiger partial charge in [-0.1, -0.05) is 11.6 Å². The molecular weight excluding hydrogens is 314 g/mol. The van der Waals surface area contributed by atoms with Crippen molar-refractivity contribution in [2.24, 2.45) is 0 Å². The number of thiophene rings is 1. The molecule has 1 aromatic heterocycles. The molecule has 0 aromatic carbocycles. The summed E-state index contributed by atoms with van der Waals surface area (Å²) in [5.74, 6) is 0. The van der Waals surface area contributed by atoms with Crippen molar-refractivity contribution in [1.29, 1.82) is 0 Å². The van der Waals surface area contributed by atoms with Crippen LogP contribution in [0.15, 0.2) is 14.1 Å². The van der Waals surface area contributed by atoms with Gasteiger partial charge in [-0.25, -0.2) is 13.1 Å². The molecule has 0 aliphatic heterocycles. The third kappa shape index (κ3) is 2.91. The summed E-state index contributed by atoms with van der Waals surface area (Å²) in [4.78, 5) is 0. The first-order valence-corrected chi connectivity index (χ1v) is 7.00. The van der Waals surface area contributed by atoms with Gasteiger partial charge in [-0.05, 0) is 22.0 Å². The molecule has 0 unspecified atom stereocenters. The van der Waals surface area contributed by atoms with E-state index < -0.39 is 10.0 Å². The summed E-state index contributed by atoms with van der Waals surface area (Å²) in [7, 11) is -3.53. The smallest absolute Gasteiger partial charge is 0.250 e. The molecule has 0 aliphatic carbocycles. The van der Waals surface area contributed by atoms with Gasteiger partial charge in [0.2, 0.25) is 10.0 Å². The quantitative estimate of drug-likeness (QED) is 0.882. The van der Waals surface area contributed by atoms with E-state index >= 15 is 0 Å². The average molecular weight is 321 g/mol. The van der Waals surface area contributed by atoms with E-state index in [1.165, 1.54) is 6.07 Å². The van der Waals surface area contributed by atoms with Crippen molar-refractivity contribution in [2.75, 3.05) is 13.2 Å². The minimum Gasteiger partial charge on any atom is -0.395 e. The van der Waals surface area contributed by atoms with Crippen LogP contribution in [0.2, 0.25) is 5.02 Å². The Bertz CT molecular complexity index is 397. The fraction of sp³-hybridized carbons (Fsp3) is 0.333. The van der Waals surface area contributed by atoms with Crippen molar-refractivity contribution >= 4 is 48.9 Å². The second-order valence-corrected chi connectivity index (χ2v) is 7.08. The second kappa shape index (κ2) is 4.91. The highest BCUT2D eigenvalue weighted by atomic mass is 79.9. The monoisotopic (exact) mass is 319 g/mol. The van der Waals surface area contributed by atoms with Crippen molar-refractivity contribution in [2.45, 2.75) is 4.21 Å². The molecule has 1 rings (SSSR count). The number of hydrogen-bond acceptors (Lipinski definition) is 4. The molecule has 0 saturated heterocycles. The van der Waals surface area contributed by atoms with Crippen LogP contribution in [0.5, 0.6) is 0 Å². The first kappa shape index (κ1) is 12.4. The zero-order valence-electron chi connectivity index (χ0n) is 6.83. The van der Waals surface area contributed by atoms with Crippen molar-refractivity contribution in [3.05, 3.63) is 14.9 Å². The van der Waals surface area contributed by atoms with Crippen LogP contribution < -0.4 is 4.72 Å². The van der Waals surface area contributed by atoms with E-state index in [1.54, 1.807) is 0 Å². The molecule has 80 valence electrons. The summed E-state index contributed by atoms with van der Waals surface area (Å²) in [5.41, 5.74) is 0. The Morgan fingerprint density at radius 1 is 1.64 bits per heavy atom. The summed E-state index contributed by atoms with van der Waals surface area (Å²) < 4.78 is 25.8. The van der Waals surface area contributed by atoms with Crippen LogP contribution in [-0.4, -0.2) is 26.7 Å². The molecule has 8 heteroatoms. The highest BCUT2D eigenvalue weighted by Crippen LogP contribution is 2.34. The van der Waals surface area contributed by atoms with Crippen LogP contribution in [0.4, 0.5) is 0 Å². The summed E-state index contributed by atoms with van der Waals surface area (Å²) in [6, 6.07) is 1.36. The Hall–Kier alpha value is 0.340. The van der Waals surface area contributed by atoms with Gasteiger partial charge in [0.15, 0.2) is 0 Å².